The van der Waals surface area contributed by atoms with Crippen LogP contribution in [0, 0.1) is 0 Å². The summed E-state index contributed by atoms with van der Waals surface area (Å²) in [7, 11) is 0. The summed E-state index contributed by atoms with van der Waals surface area (Å²) < 4.78 is 47.9. The number of nitrogens with zero attached hydrogens (tertiary/aromatic N) is 1. The zero-order valence-corrected chi connectivity index (χ0v) is 11.3. The van der Waals surface area contributed by atoms with Gasteiger partial charge < -0.3 is 14.0 Å². The van der Waals surface area contributed by atoms with E-state index in [1.54, 1.807) is 16.8 Å². The third-order valence-corrected chi connectivity index (χ3v) is 2.61. The SMILES string of the molecule is CC(C)Oc1ccc2c(ccn2COCC(F)(F)F)c1. The van der Waals surface area contributed by atoms with Crippen LogP contribution < -0.4 is 4.74 Å². The predicted molar refractivity (Wildman–Crippen MR) is 69.7 cm³/mol. The molecule has 0 aliphatic heterocycles. The first kappa shape index (κ1) is 14.7. The average molecular weight is 287 g/mol. The molecule has 0 atom stereocenters. The van der Waals surface area contributed by atoms with Crippen molar-refractivity contribution in [3.05, 3.63) is 30.5 Å². The van der Waals surface area contributed by atoms with E-state index in [1.165, 1.54) is 0 Å². The fraction of sp³-hybridized carbons (Fsp3) is 0.429. The van der Waals surface area contributed by atoms with Crippen LogP contribution in [0.5, 0.6) is 5.75 Å². The van der Waals surface area contributed by atoms with Crippen molar-refractivity contribution in [1.82, 2.24) is 4.57 Å². The molecule has 0 saturated heterocycles. The molecule has 1 heterocycles. The Morgan fingerprint density at radius 2 is 1.95 bits per heavy atom. The van der Waals surface area contributed by atoms with Crippen molar-refractivity contribution >= 4 is 10.9 Å². The first-order valence-electron chi connectivity index (χ1n) is 6.25. The molecule has 0 aliphatic rings. The Hall–Kier alpha value is -1.69. The van der Waals surface area contributed by atoms with Gasteiger partial charge in [0.25, 0.3) is 0 Å². The largest absolute Gasteiger partial charge is 0.491 e. The van der Waals surface area contributed by atoms with Gasteiger partial charge >= 0.3 is 6.18 Å². The lowest BCUT2D eigenvalue weighted by Crippen LogP contribution is -2.18. The highest BCUT2D eigenvalue weighted by Crippen LogP contribution is 2.23. The van der Waals surface area contributed by atoms with Gasteiger partial charge in [0.05, 0.1) is 11.6 Å². The fourth-order valence-electron chi connectivity index (χ4n) is 1.90. The van der Waals surface area contributed by atoms with Gasteiger partial charge in [0.1, 0.15) is 19.1 Å². The van der Waals surface area contributed by atoms with Crippen LogP contribution in [0.1, 0.15) is 13.8 Å². The normalized spacial score (nSPS) is 12.3. The molecule has 0 bridgehead atoms. The summed E-state index contributed by atoms with van der Waals surface area (Å²) in [5.74, 6) is 0.737. The van der Waals surface area contributed by atoms with Crippen LogP contribution in [0.3, 0.4) is 0 Å². The highest BCUT2D eigenvalue weighted by molar-refractivity contribution is 5.81. The van der Waals surface area contributed by atoms with Crippen molar-refractivity contribution in [1.29, 1.82) is 0 Å². The molecule has 1 aromatic carbocycles. The molecule has 20 heavy (non-hydrogen) atoms. The minimum Gasteiger partial charge on any atom is -0.491 e. The maximum Gasteiger partial charge on any atom is 0.411 e. The number of hydrogen-bond donors (Lipinski definition) is 0. The topological polar surface area (TPSA) is 23.4 Å². The van der Waals surface area contributed by atoms with E-state index in [4.69, 9.17) is 4.74 Å². The summed E-state index contributed by atoms with van der Waals surface area (Å²) in [6.45, 7) is 2.48. The number of ether oxygens (including phenoxy) is 2. The van der Waals surface area contributed by atoms with Gasteiger partial charge in [-0.15, -0.1) is 0 Å². The third-order valence-electron chi connectivity index (χ3n) is 2.61. The molecule has 0 fully saturated rings. The van der Waals surface area contributed by atoms with Gasteiger partial charge in [-0.25, -0.2) is 0 Å². The van der Waals surface area contributed by atoms with Gasteiger partial charge in [-0.05, 0) is 38.1 Å². The first-order valence-corrected chi connectivity index (χ1v) is 6.25. The number of aromatic nitrogens is 1. The van der Waals surface area contributed by atoms with Crippen molar-refractivity contribution in [2.24, 2.45) is 0 Å². The second kappa shape index (κ2) is 5.75. The van der Waals surface area contributed by atoms with Crippen molar-refractivity contribution in [3.63, 3.8) is 0 Å². The van der Waals surface area contributed by atoms with Gasteiger partial charge in [-0.1, -0.05) is 0 Å². The Morgan fingerprint density at radius 1 is 1.20 bits per heavy atom. The predicted octanol–water partition coefficient (Wildman–Crippen LogP) is 3.96. The Bertz CT molecular complexity index is 575. The van der Waals surface area contributed by atoms with Crippen LogP contribution in [0.25, 0.3) is 10.9 Å². The molecule has 110 valence electrons. The minimum atomic E-state index is -4.30. The van der Waals surface area contributed by atoms with E-state index in [0.717, 1.165) is 16.7 Å². The van der Waals surface area contributed by atoms with Gasteiger partial charge in [0.15, 0.2) is 0 Å². The van der Waals surface area contributed by atoms with Crippen LogP contribution in [0.4, 0.5) is 13.2 Å². The average Bonchev–Trinajstić information content (AvgIpc) is 2.69. The molecular weight excluding hydrogens is 271 g/mol. The fourth-order valence-corrected chi connectivity index (χ4v) is 1.90. The monoisotopic (exact) mass is 287 g/mol. The summed E-state index contributed by atoms with van der Waals surface area (Å²) in [5, 5.41) is 0.902. The lowest BCUT2D eigenvalue weighted by Gasteiger charge is -2.11. The van der Waals surface area contributed by atoms with E-state index in [-0.39, 0.29) is 12.8 Å². The first-order chi connectivity index (χ1) is 9.35. The molecule has 1 aromatic heterocycles. The lowest BCUT2D eigenvalue weighted by atomic mass is 10.2. The molecule has 6 heteroatoms. The molecule has 0 unspecified atom stereocenters. The third kappa shape index (κ3) is 3.90. The number of alkyl halides is 3. The summed E-state index contributed by atoms with van der Waals surface area (Å²) in [5.41, 5.74) is 0.809. The molecule has 0 radical (unpaired) electrons. The molecule has 0 saturated carbocycles. The maximum atomic E-state index is 12.0. The zero-order chi connectivity index (χ0) is 14.8. The molecule has 0 amide bonds. The second-order valence-electron chi connectivity index (χ2n) is 4.77. The highest BCUT2D eigenvalue weighted by Gasteiger charge is 2.27. The standard InChI is InChI=1S/C14H16F3NO2/c1-10(2)20-12-3-4-13-11(7-12)5-6-18(13)9-19-8-14(15,16)17/h3-7,10H,8-9H2,1-2H3. The van der Waals surface area contributed by atoms with Crippen molar-refractivity contribution < 1.29 is 22.6 Å². The van der Waals surface area contributed by atoms with Crippen molar-refractivity contribution in [3.8, 4) is 5.75 Å². The molecule has 2 rings (SSSR count). The molecule has 2 aromatic rings. The van der Waals surface area contributed by atoms with Gasteiger partial charge in [-0.2, -0.15) is 13.2 Å². The Balaban J connectivity index is 2.08. The van der Waals surface area contributed by atoms with E-state index in [9.17, 15) is 13.2 Å². The summed E-state index contributed by atoms with van der Waals surface area (Å²) in [6.07, 6.45) is -2.54. The minimum absolute atomic E-state index is 0.0738. The molecule has 0 aliphatic carbocycles. The zero-order valence-electron chi connectivity index (χ0n) is 11.3. The Kier molecular flexibility index (Phi) is 4.23. The van der Waals surface area contributed by atoms with E-state index < -0.39 is 12.8 Å². The van der Waals surface area contributed by atoms with E-state index in [0.29, 0.717) is 0 Å². The molecule has 0 N–H and O–H groups in total. The number of benzene rings is 1. The Labute approximate surface area is 114 Å². The quantitative estimate of drug-likeness (QED) is 0.830. The highest BCUT2D eigenvalue weighted by atomic mass is 19.4. The van der Waals surface area contributed by atoms with Crippen molar-refractivity contribution in [2.45, 2.75) is 32.9 Å². The smallest absolute Gasteiger partial charge is 0.411 e. The number of halogens is 3. The van der Waals surface area contributed by atoms with Gasteiger partial charge in [-0.3, -0.25) is 0 Å². The lowest BCUT2D eigenvalue weighted by molar-refractivity contribution is -0.181. The second-order valence-corrected chi connectivity index (χ2v) is 4.77. The Morgan fingerprint density at radius 3 is 2.60 bits per heavy atom. The summed E-state index contributed by atoms with van der Waals surface area (Å²) >= 11 is 0. The number of rotatable bonds is 5. The molecular formula is C14H16F3NO2. The van der Waals surface area contributed by atoms with E-state index in [1.807, 2.05) is 32.0 Å². The molecule has 3 nitrogen and oxygen atoms in total. The van der Waals surface area contributed by atoms with Crippen LogP contribution in [-0.2, 0) is 11.5 Å². The number of hydrogen-bond acceptors (Lipinski definition) is 2. The van der Waals surface area contributed by atoms with E-state index >= 15 is 0 Å². The van der Waals surface area contributed by atoms with Crippen LogP contribution in [-0.4, -0.2) is 23.5 Å². The number of fused-ring (bicyclic) bond motifs is 1. The molecule has 0 spiro atoms. The van der Waals surface area contributed by atoms with Crippen LogP contribution >= 0.6 is 0 Å². The maximum absolute atomic E-state index is 12.0. The van der Waals surface area contributed by atoms with Crippen LogP contribution in [0.15, 0.2) is 30.5 Å². The summed E-state index contributed by atoms with van der Waals surface area (Å²) in [4.78, 5) is 0. The summed E-state index contributed by atoms with van der Waals surface area (Å²) in [6, 6.07) is 7.28. The van der Waals surface area contributed by atoms with Gasteiger partial charge in [0, 0.05) is 11.6 Å². The van der Waals surface area contributed by atoms with E-state index in [2.05, 4.69) is 4.74 Å². The van der Waals surface area contributed by atoms with Crippen molar-refractivity contribution in [2.75, 3.05) is 6.61 Å². The van der Waals surface area contributed by atoms with Crippen LogP contribution in [0.2, 0.25) is 0 Å². The van der Waals surface area contributed by atoms with Gasteiger partial charge in [0.2, 0.25) is 0 Å².